The molecule has 1 saturated heterocycles. The molecule has 0 aromatic heterocycles. The van der Waals surface area contributed by atoms with Crippen LogP contribution in [0.15, 0.2) is 28.9 Å². The van der Waals surface area contributed by atoms with E-state index < -0.39 is 0 Å². The zero-order valence-corrected chi connectivity index (χ0v) is 9.66. The molecule has 3 heteroatoms. The standard InChI is InChI=1S/C12H18N2O/c1-4-8-13-11-10(5-2)7-9-14(6-3)12(11)15/h4-5,8H,6-7,9H2,1-3H3/b8-4-,10-5-,13-11-. The van der Waals surface area contributed by atoms with Gasteiger partial charge in [0.15, 0.2) is 0 Å². The number of likely N-dealkylation sites (tertiary alicyclic amines) is 1. The molecular formula is C12H18N2O. The van der Waals surface area contributed by atoms with Crippen LogP contribution >= 0.6 is 0 Å². The highest BCUT2D eigenvalue weighted by Gasteiger charge is 2.26. The number of hydrogen-bond donors (Lipinski definition) is 0. The van der Waals surface area contributed by atoms with Gasteiger partial charge in [0.05, 0.1) is 0 Å². The number of piperidine rings is 1. The predicted molar refractivity (Wildman–Crippen MR) is 62.9 cm³/mol. The number of rotatable bonds is 2. The average Bonchev–Trinajstić information content (AvgIpc) is 2.27. The Balaban J connectivity index is 2.98. The highest BCUT2D eigenvalue weighted by molar-refractivity contribution is 6.46. The molecule has 0 aromatic carbocycles. The first-order chi connectivity index (χ1) is 7.24. The lowest BCUT2D eigenvalue weighted by molar-refractivity contribution is -0.124. The lowest BCUT2D eigenvalue weighted by Crippen LogP contribution is -2.42. The van der Waals surface area contributed by atoms with E-state index >= 15 is 0 Å². The van der Waals surface area contributed by atoms with Gasteiger partial charge < -0.3 is 4.90 Å². The fourth-order valence-corrected chi connectivity index (χ4v) is 1.63. The first-order valence-corrected chi connectivity index (χ1v) is 5.38. The minimum Gasteiger partial charge on any atom is -0.337 e. The third-order valence-corrected chi connectivity index (χ3v) is 2.53. The van der Waals surface area contributed by atoms with E-state index in [0.29, 0.717) is 5.71 Å². The van der Waals surface area contributed by atoms with Crippen molar-refractivity contribution in [2.75, 3.05) is 13.1 Å². The molecule has 15 heavy (non-hydrogen) atoms. The van der Waals surface area contributed by atoms with E-state index in [4.69, 9.17) is 0 Å². The van der Waals surface area contributed by atoms with Crippen molar-refractivity contribution in [1.82, 2.24) is 4.90 Å². The molecule has 0 N–H and O–H groups in total. The van der Waals surface area contributed by atoms with Crippen LogP contribution in [0.4, 0.5) is 0 Å². The summed E-state index contributed by atoms with van der Waals surface area (Å²) in [6.07, 6.45) is 6.40. The molecule has 1 aliphatic heterocycles. The average molecular weight is 206 g/mol. The molecule has 1 heterocycles. The molecule has 0 unspecified atom stereocenters. The largest absolute Gasteiger partial charge is 0.337 e. The van der Waals surface area contributed by atoms with Crippen LogP contribution < -0.4 is 0 Å². The SMILES string of the molecule is C\C=C/N=C1\C(=O)N(CC)CC\C1=C\C. The Morgan fingerprint density at radius 1 is 1.47 bits per heavy atom. The summed E-state index contributed by atoms with van der Waals surface area (Å²) in [5.41, 5.74) is 1.66. The second kappa shape index (κ2) is 5.49. The Kier molecular flexibility index (Phi) is 4.28. The van der Waals surface area contributed by atoms with E-state index in [-0.39, 0.29) is 5.91 Å². The minimum atomic E-state index is 0.0509. The van der Waals surface area contributed by atoms with E-state index in [1.54, 1.807) is 6.20 Å². The Morgan fingerprint density at radius 2 is 2.20 bits per heavy atom. The molecule has 1 rings (SSSR count). The fourth-order valence-electron chi connectivity index (χ4n) is 1.63. The summed E-state index contributed by atoms with van der Waals surface area (Å²) in [6, 6.07) is 0. The monoisotopic (exact) mass is 206 g/mol. The summed E-state index contributed by atoms with van der Waals surface area (Å²) in [5.74, 6) is 0.0509. The fraction of sp³-hybridized carbons (Fsp3) is 0.500. The van der Waals surface area contributed by atoms with Crippen molar-refractivity contribution in [2.45, 2.75) is 27.2 Å². The molecule has 82 valence electrons. The quantitative estimate of drug-likeness (QED) is 0.681. The summed E-state index contributed by atoms with van der Waals surface area (Å²) in [7, 11) is 0. The van der Waals surface area contributed by atoms with Gasteiger partial charge in [-0.15, -0.1) is 0 Å². The number of carbonyl (C=O) groups excluding carboxylic acids is 1. The van der Waals surface area contributed by atoms with Crippen LogP contribution in [0.5, 0.6) is 0 Å². The number of allylic oxidation sites excluding steroid dienone is 2. The minimum absolute atomic E-state index is 0.0509. The van der Waals surface area contributed by atoms with Gasteiger partial charge >= 0.3 is 0 Å². The number of amides is 1. The van der Waals surface area contributed by atoms with E-state index in [0.717, 1.165) is 25.1 Å². The van der Waals surface area contributed by atoms with Crippen LogP contribution in [0, 0.1) is 0 Å². The van der Waals surface area contributed by atoms with Gasteiger partial charge in [-0.2, -0.15) is 0 Å². The summed E-state index contributed by atoms with van der Waals surface area (Å²) in [4.78, 5) is 18.0. The van der Waals surface area contributed by atoms with Crippen molar-refractivity contribution in [2.24, 2.45) is 4.99 Å². The summed E-state index contributed by atoms with van der Waals surface area (Å²) >= 11 is 0. The maximum atomic E-state index is 12.0. The van der Waals surface area contributed by atoms with Gasteiger partial charge in [-0.05, 0) is 32.8 Å². The molecule has 0 saturated carbocycles. The molecule has 0 aromatic rings. The zero-order valence-electron chi connectivity index (χ0n) is 9.66. The number of hydrogen-bond acceptors (Lipinski definition) is 2. The second-order valence-electron chi connectivity index (χ2n) is 3.41. The van der Waals surface area contributed by atoms with E-state index in [2.05, 4.69) is 4.99 Å². The Labute approximate surface area is 91.2 Å². The Bertz CT molecular complexity index is 327. The van der Waals surface area contributed by atoms with Gasteiger partial charge in [-0.25, -0.2) is 0 Å². The molecule has 1 amide bonds. The van der Waals surface area contributed by atoms with Crippen molar-refractivity contribution >= 4 is 11.6 Å². The van der Waals surface area contributed by atoms with Gasteiger partial charge in [-0.1, -0.05) is 12.2 Å². The van der Waals surface area contributed by atoms with Crippen LogP contribution in [0.2, 0.25) is 0 Å². The first-order valence-electron chi connectivity index (χ1n) is 5.38. The van der Waals surface area contributed by atoms with Gasteiger partial charge in [0.25, 0.3) is 5.91 Å². The van der Waals surface area contributed by atoms with Crippen molar-refractivity contribution in [3.05, 3.63) is 23.9 Å². The lowest BCUT2D eigenvalue weighted by Gasteiger charge is -2.27. The third kappa shape index (κ3) is 2.55. The molecule has 0 radical (unpaired) electrons. The van der Waals surface area contributed by atoms with Gasteiger partial charge in [0.2, 0.25) is 0 Å². The van der Waals surface area contributed by atoms with Crippen LogP contribution in [-0.2, 0) is 4.79 Å². The molecule has 1 fully saturated rings. The van der Waals surface area contributed by atoms with Crippen LogP contribution in [0.25, 0.3) is 0 Å². The van der Waals surface area contributed by atoms with Crippen molar-refractivity contribution in [3.63, 3.8) is 0 Å². The smallest absolute Gasteiger partial charge is 0.272 e. The molecular weight excluding hydrogens is 188 g/mol. The van der Waals surface area contributed by atoms with E-state index in [9.17, 15) is 4.79 Å². The number of nitrogens with zero attached hydrogens (tertiary/aromatic N) is 2. The lowest BCUT2D eigenvalue weighted by atomic mass is 10.0. The molecule has 0 spiro atoms. The van der Waals surface area contributed by atoms with Crippen molar-refractivity contribution < 1.29 is 4.79 Å². The topological polar surface area (TPSA) is 32.7 Å². The molecule has 0 bridgehead atoms. The highest BCUT2D eigenvalue weighted by atomic mass is 16.2. The van der Waals surface area contributed by atoms with E-state index in [1.807, 2.05) is 37.8 Å². The number of carbonyl (C=O) groups is 1. The maximum absolute atomic E-state index is 12.0. The highest BCUT2D eigenvalue weighted by Crippen LogP contribution is 2.15. The normalized spacial score (nSPS) is 23.4. The first kappa shape index (κ1) is 11.7. The Hall–Kier alpha value is -1.38. The summed E-state index contributed by atoms with van der Waals surface area (Å²) in [5, 5.41) is 0. The number of aliphatic imine (C=N–C) groups is 1. The van der Waals surface area contributed by atoms with Gasteiger partial charge in [0, 0.05) is 19.3 Å². The van der Waals surface area contributed by atoms with Crippen LogP contribution in [-0.4, -0.2) is 29.6 Å². The Morgan fingerprint density at radius 3 is 2.73 bits per heavy atom. The van der Waals surface area contributed by atoms with Crippen molar-refractivity contribution in [1.29, 1.82) is 0 Å². The van der Waals surface area contributed by atoms with Gasteiger partial charge in [-0.3, -0.25) is 9.79 Å². The van der Waals surface area contributed by atoms with Crippen molar-refractivity contribution in [3.8, 4) is 0 Å². The molecule has 1 aliphatic rings. The molecule has 3 nitrogen and oxygen atoms in total. The zero-order chi connectivity index (χ0) is 11.3. The summed E-state index contributed by atoms with van der Waals surface area (Å²) in [6.45, 7) is 7.40. The molecule has 0 aliphatic carbocycles. The van der Waals surface area contributed by atoms with Crippen LogP contribution in [0.1, 0.15) is 27.2 Å². The second-order valence-corrected chi connectivity index (χ2v) is 3.41. The van der Waals surface area contributed by atoms with Gasteiger partial charge in [0.1, 0.15) is 5.71 Å². The van der Waals surface area contributed by atoms with Crippen LogP contribution in [0.3, 0.4) is 0 Å². The third-order valence-electron chi connectivity index (χ3n) is 2.53. The molecule has 0 atom stereocenters. The maximum Gasteiger partial charge on any atom is 0.272 e. The predicted octanol–water partition coefficient (Wildman–Crippen LogP) is 2.16. The van der Waals surface area contributed by atoms with E-state index in [1.165, 1.54) is 0 Å². The summed E-state index contributed by atoms with van der Waals surface area (Å²) < 4.78 is 0.